The lowest BCUT2D eigenvalue weighted by molar-refractivity contribution is -0.385. The molecule has 8 heteroatoms. The largest absolute Gasteiger partial charge is 0.304 e. The third kappa shape index (κ3) is 3.80. The van der Waals surface area contributed by atoms with Crippen LogP contribution in [0.3, 0.4) is 0 Å². The van der Waals surface area contributed by atoms with Crippen LogP contribution in [0.15, 0.2) is 24.3 Å². The highest BCUT2D eigenvalue weighted by Gasteiger charge is 2.30. The molecule has 1 saturated carbocycles. The SMILES string of the molecule is CCN(Cc1ccccc1[N+](=O)[O-])Cn1nc(C2CC2)n(CC)c1=S. The fraction of sp³-hybridized carbons (Fsp3) is 0.529. The molecule has 25 heavy (non-hydrogen) atoms. The van der Waals surface area contributed by atoms with E-state index in [0.717, 1.165) is 23.7 Å². The maximum atomic E-state index is 11.2. The van der Waals surface area contributed by atoms with Gasteiger partial charge in [0.15, 0.2) is 4.77 Å². The van der Waals surface area contributed by atoms with Gasteiger partial charge in [-0.1, -0.05) is 25.1 Å². The molecular formula is C17H23N5O2S. The van der Waals surface area contributed by atoms with Gasteiger partial charge in [0.25, 0.3) is 5.69 Å². The van der Waals surface area contributed by atoms with Crippen molar-refractivity contribution in [2.75, 3.05) is 6.54 Å². The molecule has 0 saturated heterocycles. The third-order valence-corrected chi connectivity index (χ3v) is 5.00. The van der Waals surface area contributed by atoms with Crippen LogP contribution >= 0.6 is 12.2 Å². The minimum Gasteiger partial charge on any atom is -0.304 e. The van der Waals surface area contributed by atoms with Crippen LogP contribution in [0.1, 0.15) is 44.0 Å². The number of hydrogen-bond acceptors (Lipinski definition) is 5. The first-order valence-corrected chi connectivity index (χ1v) is 9.08. The summed E-state index contributed by atoms with van der Waals surface area (Å²) in [5, 5.41) is 16.0. The molecule has 0 bridgehead atoms. The standard InChI is InChI=1S/C17H23N5O2S/c1-3-19(11-14-7-5-6-8-15(14)22(23)24)12-21-17(25)20(4-2)16(18-21)13-9-10-13/h5-8,13H,3-4,9-12H2,1-2H3. The van der Waals surface area contributed by atoms with Crippen molar-refractivity contribution in [1.29, 1.82) is 0 Å². The second-order valence-corrected chi connectivity index (χ2v) is 6.70. The van der Waals surface area contributed by atoms with E-state index in [1.165, 1.54) is 12.8 Å². The van der Waals surface area contributed by atoms with Crippen LogP contribution in [0.2, 0.25) is 0 Å². The quantitative estimate of drug-likeness (QED) is 0.407. The highest BCUT2D eigenvalue weighted by Crippen LogP contribution is 2.39. The average Bonchev–Trinajstić information content (AvgIpc) is 3.40. The summed E-state index contributed by atoms with van der Waals surface area (Å²) >= 11 is 5.59. The molecule has 0 atom stereocenters. The summed E-state index contributed by atoms with van der Waals surface area (Å²) in [6.45, 7) is 6.73. The van der Waals surface area contributed by atoms with Gasteiger partial charge in [0, 0.05) is 30.6 Å². The average molecular weight is 361 g/mol. The van der Waals surface area contributed by atoms with E-state index in [1.807, 2.05) is 17.7 Å². The Morgan fingerprint density at radius 1 is 1.36 bits per heavy atom. The second kappa shape index (κ2) is 7.45. The second-order valence-electron chi connectivity index (χ2n) is 6.33. The zero-order chi connectivity index (χ0) is 18.0. The van der Waals surface area contributed by atoms with Crippen LogP contribution in [0.5, 0.6) is 0 Å². The number of benzene rings is 1. The summed E-state index contributed by atoms with van der Waals surface area (Å²) < 4.78 is 4.68. The number of aromatic nitrogens is 3. The molecule has 0 unspecified atom stereocenters. The van der Waals surface area contributed by atoms with Crippen LogP contribution in [-0.2, 0) is 19.8 Å². The van der Waals surface area contributed by atoms with Crippen molar-refractivity contribution >= 4 is 17.9 Å². The Hall–Kier alpha value is -2.06. The van der Waals surface area contributed by atoms with E-state index in [9.17, 15) is 10.1 Å². The number of hydrogen-bond donors (Lipinski definition) is 0. The van der Waals surface area contributed by atoms with E-state index in [4.69, 9.17) is 17.3 Å². The Bertz CT molecular complexity index is 825. The maximum Gasteiger partial charge on any atom is 0.273 e. The molecule has 0 radical (unpaired) electrons. The van der Waals surface area contributed by atoms with Gasteiger partial charge in [0.2, 0.25) is 0 Å². The molecular weight excluding hydrogens is 338 g/mol. The van der Waals surface area contributed by atoms with E-state index >= 15 is 0 Å². The summed E-state index contributed by atoms with van der Waals surface area (Å²) in [4.78, 5) is 13.0. The number of nitro groups is 1. The van der Waals surface area contributed by atoms with Gasteiger partial charge < -0.3 is 4.57 Å². The van der Waals surface area contributed by atoms with Gasteiger partial charge in [-0.05, 0) is 38.5 Å². The van der Waals surface area contributed by atoms with Gasteiger partial charge >= 0.3 is 0 Å². The lowest BCUT2D eigenvalue weighted by Gasteiger charge is -2.20. The molecule has 0 N–H and O–H groups in total. The van der Waals surface area contributed by atoms with Gasteiger partial charge in [-0.25, -0.2) is 4.68 Å². The summed E-state index contributed by atoms with van der Waals surface area (Å²) in [6.07, 6.45) is 2.36. The lowest BCUT2D eigenvalue weighted by atomic mass is 10.1. The monoisotopic (exact) mass is 361 g/mol. The zero-order valence-electron chi connectivity index (χ0n) is 14.6. The summed E-state index contributed by atoms with van der Waals surface area (Å²) in [5.41, 5.74) is 0.862. The zero-order valence-corrected chi connectivity index (χ0v) is 15.4. The fourth-order valence-electron chi connectivity index (χ4n) is 3.01. The summed E-state index contributed by atoms with van der Waals surface area (Å²) in [5.74, 6) is 1.61. The first kappa shape index (κ1) is 17.8. The van der Waals surface area contributed by atoms with E-state index in [-0.39, 0.29) is 10.6 Å². The van der Waals surface area contributed by atoms with Gasteiger partial charge in [-0.15, -0.1) is 0 Å². The lowest BCUT2D eigenvalue weighted by Crippen LogP contribution is -2.27. The summed E-state index contributed by atoms with van der Waals surface area (Å²) in [6, 6.07) is 6.88. The predicted octanol–water partition coefficient (Wildman–Crippen LogP) is 3.70. The molecule has 0 aliphatic heterocycles. The first-order valence-electron chi connectivity index (χ1n) is 8.67. The number of nitro benzene ring substituents is 1. The molecule has 0 amide bonds. The molecule has 0 spiro atoms. The Morgan fingerprint density at radius 2 is 2.08 bits per heavy atom. The Labute approximate surface area is 152 Å². The molecule has 3 rings (SSSR count). The molecule has 134 valence electrons. The highest BCUT2D eigenvalue weighted by atomic mass is 32.1. The highest BCUT2D eigenvalue weighted by molar-refractivity contribution is 7.71. The van der Waals surface area contributed by atoms with Crippen molar-refractivity contribution in [2.45, 2.75) is 52.4 Å². The van der Waals surface area contributed by atoms with Crippen LogP contribution in [0, 0.1) is 14.9 Å². The van der Waals surface area contributed by atoms with Crippen molar-refractivity contribution in [1.82, 2.24) is 19.2 Å². The van der Waals surface area contributed by atoms with Crippen molar-refractivity contribution in [3.8, 4) is 0 Å². The predicted molar refractivity (Wildman–Crippen MR) is 97.9 cm³/mol. The number of para-hydroxylation sites is 1. The van der Waals surface area contributed by atoms with E-state index in [1.54, 1.807) is 18.2 Å². The molecule has 1 heterocycles. The topological polar surface area (TPSA) is 69.1 Å². The third-order valence-electron chi connectivity index (χ3n) is 4.57. The smallest absolute Gasteiger partial charge is 0.273 e. The Balaban J connectivity index is 1.82. The van der Waals surface area contributed by atoms with Crippen molar-refractivity contribution in [3.05, 3.63) is 50.5 Å². The Kier molecular flexibility index (Phi) is 5.29. The normalized spacial score (nSPS) is 14.2. The minimum absolute atomic E-state index is 0.155. The number of nitrogens with zero attached hydrogens (tertiary/aromatic N) is 5. The molecule has 7 nitrogen and oxygen atoms in total. The van der Waals surface area contributed by atoms with Gasteiger partial charge in [-0.3, -0.25) is 15.0 Å². The van der Waals surface area contributed by atoms with Crippen LogP contribution in [0.25, 0.3) is 0 Å². The van der Waals surface area contributed by atoms with Gasteiger partial charge in [0.05, 0.1) is 11.6 Å². The van der Waals surface area contributed by atoms with Crippen molar-refractivity contribution < 1.29 is 4.92 Å². The van der Waals surface area contributed by atoms with E-state index in [2.05, 4.69) is 16.4 Å². The molecule has 1 aromatic carbocycles. The number of rotatable bonds is 8. The van der Waals surface area contributed by atoms with Gasteiger partial charge in [-0.2, -0.15) is 5.10 Å². The molecule has 1 aliphatic carbocycles. The van der Waals surface area contributed by atoms with Crippen molar-refractivity contribution in [2.24, 2.45) is 0 Å². The van der Waals surface area contributed by atoms with Crippen LogP contribution < -0.4 is 0 Å². The molecule has 2 aromatic rings. The van der Waals surface area contributed by atoms with Crippen LogP contribution in [0.4, 0.5) is 5.69 Å². The van der Waals surface area contributed by atoms with Gasteiger partial charge in [0.1, 0.15) is 5.82 Å². The van der Waals surface area contributed by atoms with Crippen molar-refractivity contribution in [3.63, 3.8) is 0 Å². The van der Waals surface area contributed by atoms with E-state index < -0.39 is 0 Å². The summed E-state index contributed by atoms with van der Waals surface area (Å²) in [7, 11) is 0. The van der Waals surface area contributed by atoms with E-state index in [0.29, 0.717) is 24.7 Å². The molecule has 1 aliphatic rings. The molecule has 1 aromatic heterocycles. The first-order chi connectivity index (χ1) is 12.0. The van der Waals surface area contributed by atoms with Crippen LogP contribution in [-0.4, -0.2) is 30.7 Å². The minimum atomic E-state index is -0.328. The maximum absolute atomic E-state index is 11.2. The molecule has 1 fully saturated rings. The Morgan fingerprint density at radius 3 is 2.68 bits per heavy atom. The fourth-order valence-corrected chi connectivity index (χ4v) is 3.33.